The highest BCUT2D eigenvalue weighted by Crippen LogP contribution is 2.30. The van der Waals surface area contributed by atoms with E-state index in [0.717, 1.165) is 11.1 Å². The highest BCUT2D eigenvalue weighted by molar-refractivity contribution is 6.43. The molecule has 2 aromatic rings. The maximum atomic E-state index is 12.1. The molecule has 0 radical (unpaired) electrons. The predicted molar refractivity (Wildman–Crippen MR) is 89.0 cm³/mol. The van der Waals surface area contributed by atoms with Crippen molar-refractivity contribution in [3.8, 4) is 5.75 Å². The fraction of sp³-hybridized carbons (Fsp3) is 0.188. The van der Waals surface area contributed by atoms with E-state index in [1.54, 1.807) is 38.1 Å². The Bertz CT molecular complexity index is 762. The number of rotatable bonds is 3. The van der Waals surface area contributed by atoms with E-state index >= 15 is 0 Å². The third kappa shape index (κ3) is 3.98. The van der Waals surface area contributed by atoms with Gasteiger partial charge in [-0.25, -0.2) is 4.98 Å². The summed E-state index contributed by atoms with van der Waals surface area (Å²) in [7, 11) is 1.45. The van der Waals surface area contributed by atoms with Crippen LogP contribution in [0, 0.1) is 13.8 Å². The quantitative estimate of drug-likeness (QED) is 0.846. The highest BCUT2D eigenvalue weighted by atomic mass is 35.5. The van der Waals surface area contributed by atoms with E-state index in [-0.39, 0.29) is 0 Å². The molecule has 0 aliphatic heterocycles. The van der Waals surface area contributed by atoms with Crippen LogP contribution < -0.4 is 15.4 Å². The van der Waals surface area contributed by atoms with Crippen LogP contribution >= 0.6 is 11.6 Å². The van der Waals surface area contributed by atoms with Crippen LogP contribution in [0.4, 0.5) is 11.5 Å². The van der Waals surface area contributed by atoms with Gasteiger partial charge in [0.1, 0.15) is 11.6 Å². The van der Waals surface area contributed by atoms with Crippen LogP contribution in [0.5, 0.6) is 5.75 Å². The van der Waals surface area contributed by atoms with Gasteiger partial charge in [0.15, 0.2) is 0 Å². The topological polar surface area (TPSA) is 80.3 Å². The Morgan fingerprint density at radius 2 is 1.83 bits per heavy atom. The van der Waals surface area contributed by atoms with Gasteiger partial charge in [0.05, 0.1) is 12.8 Å². The maximum Gasteiger partial charge on any atom is 0.315 e. The maximum absolute atomic E-state index is 12.1. The van der Waals surface area contributed by atoms with Crippen LogP contribution in [0.2, 0.25) is 5.02 Å². The second kappa shape index (κ2) is 7.11. The van der Waals surface area contributed by atoms with Gasteiger partial charge in [-0.1, -0.05) is 17.7 Å². The lowest BCUT2D eigenvalue weighted by Crippen LogP contribution is -2.29. The monoisotopic (exact) mass is 333 g/mol. The molecule has 1 aromatic heterocycles. The number of hydrogen-bond acceptors (Lipinski definition) is 4. The van der Waals surface area contributed by atoms with Crippen molar-refractivity contribution in [1.29, 1.82) is 0 Å². The number of carbonyl (C=O) groups excluding carboxylic acids is 2. The normalized spacial score (nSPS) is 10.1. The third-order valence-corrected chi connectivity index (χ3v) is 3.58. The zero-order valence-corrected chi connectivity index (χ0v) is 13.7. The lowest BCUT2D eigenvalue weighted by Gasteiger charge is -2.12. The molecule has 0 saturated heterocycles. The molecule has 2 amide bonds. The smallest absolute Gasteiger partial charge is 0.315 e. The molecule has 6 nitrogen and oxygen atoms in total. The van der Waals surface area contributed by atoms with Gasteiger partial charge in [-0.2, -0.15) is 0 Å². The van der Waals surface area contributed by atoms with Crippen molar-refractivity contribution in [2.24, 2.45) is 0 Å². The molecule has 1 aromatic carbocycles. The van der Waals surface area contributed by atoms with Gasteiger partial charge >= 0.3 is 11.8 Å². The summed E-state index contributed by atoms with van der Waals surface area (Å²) >= 11 is 6.01. The summed E-state index contributed by atoms with van der Waals surface area (Å²) in [6.45, 7) is 3.57. The second-order valence-corrected chi connectivity index (χ2v) is 5.29. The standard InChI is InChI=1S/C16H16ClN3O3/c1-9-5-4-6-18-14(9)20-16(22)15(21)19-12-7-10(2)11(17)8-13(12)23-3/h4-8H,1-3H3,(H,19,21)(H,18,20,22). The zero-order chi connectivity index (χ0) is 17.0. The average molecular weight is 334 g/mol. The van der Waals surface area contributed by atoms with E-state index in [1.807, 2.05) is 0 Å². The van der Waals surface area contributed by atoms with E-state index in [9.17, 15) is 9.59 Å². The van der Waals surface area contributed by atoms with Crippen molar-refractivity contribution >= 4 is 34.9 Å². The predicted octanol–water partition coefficient (Wildman–Crippen LogP) is 2.94. The molecule has 0 atom stereocenters. The van der Waals surface area contributed by atoms with Crippen molar-refractivity contribution in [2.75, 3.05) is 17.7 Å². The molecule has 23 heavy (non-hydrogen) atoms. The van der Waals surface area contributed by atoms with Crippen molar-refractivity contribution in [2.45, 2.75) is 13.8 Å². The highest BCUT2D eigenvalue weighted by Gasteiger charge is 2.18. The molecule has 0 unspecified atom stereocenters. The molecule has 0 fully saturated rings. The first-order valence-corrected chi connectivity index (χ1v) is 7.18. The van der Waals surface area contributed by atoms with Gasteiger partial charge in [0, 0.05) is 17.3 Å². The Hall–Kier alpha value is -2.60. The number of nitrogens with one attached hydrogen (secondary N) is 2. The fourth-order valence-corrected chi connectivity index (χ4v) is 2.04. The minimum atomic E-state index is -0.824. The van der Waals surface area contributed by atoms with Crippen LogP contribution in [0.3, 0.4) is 0 Å². The Kier molecular flexibility index (Phi) is 5.18. The molecule has 2 N–H and O–H groups in total. The van der Waals surface area contributed by atoms with Crippen LogP contribution in [0.15, 0.2) is 30.5 Å². The largest absolute Gasteiger partial charge is 0.495 e. The first-order valence-electron chi connectivity index (χ1n) is 6.80. The van der Waals surface area contributed by atoms with E-state index < -0.39 is 11.8 Å². The van der Waals surface area contributed by atoms with E-state index in [1.165, 1.54) is 13.3 Å². The van der Waals surface area contributed by atoms with Crippen LogP contribution in [0.1, 0.15) is 11.1 Å². The third-order valence-electron chi connectivity index (χ3n) is 3.18. The molecule has 0 bridgehead atoms. The molecular weight excluding hydrogens is 318 g/mol. The number of pyridine rings is 1. The summed E-state index contributed by atoms with van der Waals surface area (Å²) in [5, 5.41) is 5.48. The van der Waals surface area contributed by atoms with E-state index in [2.05, 4.69) is 15.6 Å². The van der Waals surface area contributed by atoms with Crippen molar-refractivity contribution in [3.05, 3.63) is 46.6 Å². The van der Waals surface area contributed by atoms with Crippen molar-refractivity contribution in [3.63, 3.8) is 0 Å². The summed E-state index contributed by atoms with van der Waals surface area (Å²) in [6, 6.07) is 6.74. The number of anilines is 2. The molecule has 0 spiro atoms. The Labute approximate surface area is 138 Å². The van der Waals surface area contributed by atoms with Gasteiger partial charge < -0.3 is 15.4 Å². The summed E-state index contributed by atoms with van der Waals surface area (Å²) in [5.41, 5.74) is 1.88. The average Bonchev–Trinajstić information content (AvgIpc) is 2.52. The molecule has 0 aliphatic rings. The number of amides is 2. The minimum absolute atomic E-state index is 0.340. The SMILES string of the molecule is COc1cc(Cl)c(C)cc1NC(=O)C(=O)Nc1ncccc1C. The molecule has 2 rings (SSSR count). The van der Waals surface area contributed by atoms with Crippen LogP contribution in [-0.2, 0) is 9.59 Å². The number of nitrogens with zero attached hydrogens (tertiary/aromatic N) is 1. The minimum Gasteiger partial charge on any atom is -0.495 e. The number of halogens is 1. The van der Waals surface area contributed by atoms with Gasteiger partial charge in [0.25, 0.3) is 0 Å². The van der Waals surface area contributed by atoms with Crippen LogP contribution in [0.25, 0.3) is 0 Å². The lowest BCUT2D eigenvalue weighted by molar-refractivity contribution is -0.133. The number of aryl methyl sites for hydroxylation is 2. The zero-order valence-electron chi connectivity index (χ0n) is 12.9. The molecule has 0 aliphatic carbocycles. The molecule has 7 heteroatoms. The van der Waals surface area contributed by atoms with Gasteiger partial charge in [-0.3, -0.25) is 9.59 Å². The second-order valence-electron chi connectivity index (χ2n) is 4.88. The first kappa shape index (κ1) is 16.8. The number of methoxy groups -OCH3 is 1. The Balaban J connectivity index is 2.14. The van der Waals surface area contributed by atoms with Crippen molar-refractivity contribution < 1.29 is 14.3 Å². The summed E-state index contributed by atoms with van der Waals surface area (Å²) in [5.74, 6) is -0.931. The van der Waals surface area contributed by atoms with Gasteiger partial charge in [-0.15, -0.1) is 0 Å². The summed E-state index contributed by atoms with van der Waals surface area (Å²) < 4.78 is 5.16. The number of benzene rings is 1. The van der Waals surface area contributed by atoms with E-state index in [4.69, 9.17) is 16.3 Å². The fourth-order valence-electron chi connectivity index (χ4n) is 1.89. The van der Waals surface area contributed by atoms with Crippen molar-refractivity contribution in [1.82, 2.24) is 4.98 Å². The van der Waals surface area contributed by atoms with Gasteiger partial charge in [0.2, 0.25) is 0 Å². The first-order chi connectivity index (χ1) is 10.9. The Morgan fingerprint density at radius 1 is 1.13 bits per heavy atom. The Morgan fingerprint density at radius 3 is 2.48 bits per heavy atom. The number of ether oxygens (including phenoxy) is 1. The molecular formula is C16H16ClN3O3. The lowest BCUT2D eigenvalue weighted by atomic mass is 10.2. The number of carbonyl (C=O) groups is 2. The number of hydrogen-bond donors (Lipinski definition) is 2. The van der Waals surface area contributed by atoms with Crippen LogP contribution in [-0.4, -0.2) is 23.9 Å². The summed E-state index contributed by atoms with van der Waals surface area (Å²) in [4.78, 5) is 28.1. The number of aromatic nitrogens is 1. The van der Waals surface area contributed by atoms with E-state index in [0.29, 0.717) is 22.3 Å². The molecule has 0 saturated carbocycles. The summed E-state index contributed by atoms with van der Waals surface area (Å²) in [6.07, 6.45) is 1.53. The van der Waals surface area contributed by atoms with Gasteiger partial charge in [-0.05, 0) is 37.1 Å². The molecule has 120 valence electrons. The molecule has 1 heterocycles.